The quantitative estimate of drug-likeness (QED) is 0.472. The van der Waals surface area contributed by atoms with E-state index >= 15 is 0 Å². The fourth-order valence-electron chi connectivity index (χ4n) is 3.61. The molecule has 1 N–H and O–H groups in total. The van der Waals surface area contributed by atoms with Crippen LogP contribution in [0.3, 0.4) is 0 Å². The Hall–Kier alpha value is -3.99. The monoisotopic (exact) mass is 392 g/mol. The lowest BCUT2D eigenvalue weighted by atomic mass is 10.1. The summed E-state index contributed by atoms with van der Waals surface area (Å²) in [5.41, 5.74) is 6.04. The highest BCUT2D eigenvalue weighted by Crippen LogP contribution is 2.28. The number of aromatic hydroxyl groups is 1. The van der Waals surface area contributed by atoms with Gasteiger partial charge in [0.1, 0.15) is 5.69 Å². The van der Waals surface area contributed by atoms with E-state index in [1.165, 1.54) is 0 Å². The summed E-state index contributed by atoms with van der Waals surface area (Å²) in [6.07, 6.45) is 6.59. The van der Waals surface area contributed by atoms with E-state index in [2.05, 4.69) is 4.98 Å². The van der Waals surface area contributed by atoms with Crippen LogP contribution in [0.1, 0.15) is 22.5 Å². The van der Waals surface area contributed by atoms with Crippen LogP contribution in [0.5, 0.6) is 5.88 Å². The molecule has 5 heteroatoms. The number of benzene rings is 2. The van der Waals surface area contributed by atoms with Crippen molar-refractivity contribution >= 4 is 5.65 Å². The van der Waals surface area contributed by atoms with Crippen molar-refractivity contribution in [3.63, 3.8) is 0 Å². The molecule has 0 saturated heterocycles. The van der Waals surface area contributed by atoms with Crippen LogP contribution in [0.25, 0.3) is 16.9 Å². The van der Waals surface area contributed by atoms with Crippen molar-refractivity contribution in [3.05, 3.63) is 114 Å². The summed E-state index contributed by atoms with van der Waals surface area (Å²) in [6, 6.07) is 23.9. The van der Waals surface area contributed by atoms with Crippen molar-refractivity contribution in [1.82, 2.24) is 19.4 Å². The summed E-state index contributed by atoms with van der Waals surface area (Å²) >= 11 is 0. The number of pyridine rings is 1. The second kappa shape index (κ2) is 7.79. The maximum atomic E-state index is 11.0. The zero-order valence-electron chi connectivity index (χ0n) is 16.3. The molecule has 0 fully saturated rings. The highest BCUT2D eigenvalue weighted by atomic mass is 16.3. The molecule has 0 atom stereocenters. The van der Waals surface area contributed by atoms with Gasteiger partial charge in [0.05, 0.1) is 11.4 Å². The third-order valence-corrected chi connectivity index (χ3v) is 5.10. The minimum absolute atomic E-state index is 0.154. The molecule has 0 aliphatic heterocycles. The van der Waals surface area contributed by atoms with Gasteiger partial charge in [-0.25, -0.2) is 9.97 Å². The standard InChI is InChI=1S/C25H20N4O/c30-25-22(14-18-8-3-1-4-9-18)28-24-21(15-19-10-7-13-26-16-19)27-23(17-29(24)25)20-11-5-2-6-12-20/h1-13,16-17,30H,14-15H2. The number of hydrogen-bond acceptors (Lipinski definition) is 4. The number of fused-ring (bicyclic) bond motifs is 1. The first kappa shape index (κ1) is 18.1. The van der Waals surface area contributed by atoms with Gasteiger partial charge in [-0.15, -0.1) is 0 Å². The first-order valence-electron chi connectivity index (χ1n) is 9.86. The third kappa shape index (κ3) is 3.53. The average Bonchev–Trinajstić information content (AvgIpc) is 3.11. The number of hydrogen-bond donors (Lipinski definition) is 1. The Morgan fingerprint density at radius 1 is 0.733 bits per heavy atom. The van der Waals surface area contributed by atoms with Crippen LogP contribution in [0.4, 0.5) is 0 Å². The summed E-state index contributed by atoms with van der Waals surface area (Å²) < 4.78 is 1.75. The summed E-state index contributed by atoms with van der Waals surface area (Å²) in [7, 11) is 0. The second-order valence-corrected chi connectivity index (χ2v) is 7.22. The van der Waals surface area contributed by atoms with Crippen molar-refractivity contribution in [2.45, 2.75) is 12.8 Å². The number of aromatic nitrogens is 4. The summed E-state index contributed by atoms with van der Waals surface area (Å²) in [6.45, 7) is 0. The SMILES string of the molecule is Oc1c(Cc2ccccc2)nc2c(Cc3cccnc3)nc(-c3ccccc3)cn12. The van der Waals surface area contributed by atoms with E-state index in [-0.39, 0.29) is 5.88 Å². The van der Waals surface area contributed by atoms with Gasteiger partial charge in [0.2, 0.25) is 5.88 Å². The van der Waals surface area contributed by atoms with E-state index in [9.17, 15) is 5.11 Å². The summed E-state index contributed by atoms with van der Waals surface area (Å²) in [4.78, 5) is 13.9. The molecule has 0 unspecified atom stereocenters. The Kier molecular flexibility index (Phi) is 4.69. The Labute approximate surface area is 174 Å². The van der Waals surface area contributed by atoms with Crippen molar-refractivity contribution in [2.24, 2.45) is 0 Å². The van der Waals surface area contributed by atoms with E-state index in [0.29, 0.717) is 24.2 Å². The molecule has 0 aliphatic rings. The zero-order valence-corrected chi connectivity index (χ0v) is 16.3. The number of imidazole rings is 1. The largest absolute Gasteiger partial charge is 0.493 e. The lowest BCUT2D eigenvalue weighted by molar-refractivity contribution is 0.442. The van der Waals surface area contributed by atoms with Crippen molar-refractivity contribution in [3.8, 4) is 17.1 Å². The van der Waals surface area contributed by atoms with Crippen LogP contribution in [0.2, 0.25) is 0 Å². The number of rotatable bonds is 5. The maximum Gasteiger partial charge on any atom is 0.219 e. The number of nitrogens with zero attached hydrogens (tertiary/aromatic N) is 4. The smallest absolute Gasteiger partial charge is 0.219 e. The summed E-state index contributed by atoms with van der Waals surface area (Å²) in [5.74, 6) is 0.154. The molecule has 0 aliphatic carbocycles. The van der Waals surface area contributed by atoms with E-state index < -0.39 is 0 Å². The summed E-state index contributed by atoms with van der Waals surface area (Å²) in [5, 5.41) is 11.0. The van der Waals surface area contributed by atoms with Crippen LogP contribution in [0.15, 0.2) is 91.4 Å². The molecule has 3 aromatic heterocycles. The average molecular weight is 392 g/mol. The molecule has 0 bridgehead atoms. The minimum atomic E-state index is 0.154. The molecular formula is C25H20N4O. The highest BCUT2D eigenvalue weighted by molar-refractivity contribution is 5.63. The van der Waals surface area contributed by atoms with Gasteiger partial charge in [-0.2, -0.15) is 0 Å². The minimum Gasteiger partial charge on any atom is -0.493 e. The molecule has 146 valence electrons. The van der Waals surface area contributed by atoms with E-state index in [1.807, 2.05) is 85.2 Å². The molecule has 30 heavy (non-hydrogen) atoms. The third-order valence-electron chi connectivity index (χ3n) is 5.10. The van der Waals surface area contributed by atoms with Gasteiger partial charge < -0.3 is 5.11 Å². The lowest BCUT2D eigenvalue weighted by Crippen LogP contribution is -2.01. The molecule has 5 rings (SSSR count). The van der Waals surface area contributed by atoms with Gasteiger partial charge in [-0.1, -0.05) is 66.7 Å². The molecule has 3 heterocycles. The fraction of sp³-hybridized carbons (Fsp3) is 0.0800. The molecule has 0 radical (unpaired) electrons. The van der Waals surface area contributed by atoms with Gasteiger partial charge >= 0.3 is 0 Å². The zero-order chi connectivity index (χ0) is 20.3. The van der Waals surface area contributed by atoms with E-state index in [1.54, 1.807) is 10.6 Å². The van der Waals surface area contributed by atoms with E-state index in [0.717, 1.165) is 28.1 Å². The molecule has 0 saturated carbocycles. The Morgan fingerprint density at radius 3 is 2.17 bits per heavy atom. The second-order valence-electron chi connectivity index (χ2n) is 7.22. The van der Waals surface area contributed by atoms with Gasteiger partial charge in [0.25, 0.3) is 0 Å². The van der Waals surface area contributed by atoms with Crippen molar-refractivity contribution in [2.75, 3.05) is 0 Å². The van der Waals surface area contributed by atoms with Crippen LogP contribution >= 0.6 is 0 Å². The highest BCUT2D eigenvalue weighted by Gasteiger charge is 2.18. The van der Waals surface area contributed by atoms with Crippen LogP contribution in [-0.4, -0.2) is 24.5 Å². The predicted octanol–water partition coefficient (Wildman–Crippen LogP) is 4.68. The first-order chi connectivity index (χ1) is 14.8. The lowest BCUT2D eigenvalue weighted by Gasteiger charge is -2.08. The van der Waals surface area contributed by atoms with Gasteiger partial charge in [-0.05, 0) is 17.2 Å². The predicted molar refractivity (Wildman–Crippen MR) is 116 cm³/mol. The van der Waals surface area contributed by atoms with Crippen LogP contribution < -0.4 is 0 Å². The fourth-order valence-corrected chi connectivity index (χ4v) is 3.61. The molecule has 2 aromatic carbocycles. The van der Waals surface area contributed by atoms with E-state index in [4.69, 9.17) is 9.97 Å². The van der Waals surface area contributed by atoms with Gasteiger partial charge in [0.15, 0.2) is 5.65 Å². The molecule has 0 amide bonds. The maximum absolute atomic E-state index is 11.0. The van der Waals surface area contributed by atoms with Crippen LogP contribution in [0, 0.1) is 0 Å². The topological polar surface area (TPSA) is 63.3 Å². The Morgan fingerprint density at radius 2 is 1.43 bits per heavy atom. The molecular weight excluding hydrogens is 372 g/mol. The normalized spacial score (nSPS) is 11.1. The van der Waals surface area contributed by atoms with Gasteiger partial charge in [0, 0.05) is 37.0 Å². The first-order valence-corrected chi connectivity index (χ1v) is 9.86. The molecule has 0 spiro atoms. The van der Waals surface area contributed by atoms with Gasteiger partial charge in [-0.3, -0.25) is 9.38 Å². The van der Waals surface area contributed by atoms with Crippen LogP contribution in [-0.2, 0) is 12.8 Å². The van der Waals surface area contributed by atoms with Crippen molar-refractivity contribution < 1.29 is 5.11 Å². The Balaban J connectivity index is 1.66. The van der Waals surface area contributed by atoms with Crippen molar-refractivity contribution in [1.29, 1.82) is 0 Å². The molecule has 5 nitrogen and oxygen atoms in total. The Bertz CT molecular complexity index is 1280. The molecule has 5 aromatic rings.